The Morgan fingerprint density at radius 1 is 1.03 bits per heavy atom. The summed E-state index contributed by atoms with van der Waals surface area (Å²) in [6.07, 6.45) is 0. The smallest absolute Gasteiger partial charge is 0.257 e. The highest BCUT2D eigenvalue weighted by Crippen LogP contribution is 2.32. The molecule has 1 heterocycles. The number of nitriles is 1. The summed E-state index contributed by atoms with van der Waals surface area (Å²) in [6, 6.07) is 19.4. The molecule has 0 amide bonds. The van der Waals surface area contributed by atoms with Crippen LogP contribution < -0.4 is 0 Å². The van der Waals surface area contributed by atoms with Crippen LogP contribution in [0.5, 0.6) is 0 Å². The number of nitrogens with zero attached hydrogens (tertiary/aromatic N) is 2. The third kappa shape index (κ3) is 3.73. The van der Waals surface area contributed by atoms with E-state index in [4.69, 9.17) is 27.6 Å². The molecule has 0 saturated carbocycles. The molecule has 4 aromatic rings. The number of hydrogen-bond acceptors (Lipinski definition) is 5. The minimum Gasteiger partial charge on any atom is -0.423 e. The van der Waals surface area contributed by atoms with Crippen LogP contribution in [0.15, 0.2) is 70.2 Å². The van der Waals surface area contributed by atoms with Gasteiger partial charge < -0.3 is 4.42 Å². The fourth-order valence-electron chi connectivity index (χ4n) is 3.02. The van der Waals surface area contributed by atoms with Crippen molar-refractivity contribution < 1.29 is 12.8 Å². The molecule has 8 heteroatoms. The van der Waals surface area contributed by atoms with E-state index in [0.29, 0.717) is 16.1 Å². The highest BCUT2D eigenvalue weighted by Gasteiger charge is 2.28. The van der Waals surface area contributed by atoms with Gasteiger partial charge in [0.2, 0.25) is 15.7 Å². The zero-order chi connectivity index (χ0) is 20.6. The van der Waals surface area contributed by atoms with Gasteiger partial charge in [0.05, 0.1) is 5.75 Å². The van der Waals surface area contributed by atoms with Crippen LogP contribution in [0.1, 0.15) is 11.3 Å². The summed E-state index contributed by atoms with van der Waals surface area (Å²) in [5, 5.41) is 11.3. The molecular weight excluding hydrogens is 431 g/mol. The van der Waals surface area contributed by atoms with Gasteiger partial charge >= 0.3 is 0 Å². The molecule has 0 radical (unpaired) electrons. The largest absolute Gasteiger partial charge is 0.423 e. The van der Waals surface area contributed by atoms with Crippen LogP contribution in [0.3, 0.4) is 0 Å². The number of oxazole rings is 1. The van der Waals surface area contributed by atoms with Gasteiger partial charge in [-0.25, -0.2) is 8.42 Å². The van der Waals surface area contributed by atoms with Gasteiger partial charge in [-0.05, 0) is 34.5 Å². The fourth-order valence-corrected chi connectivity index (χ4v) is 4.96. The second-order valence-corrected chi connectivity index (χ2v) is 9.02. The fraction of sp³-hybridized carbons (Fsp3) is 0.0476. The van der Waals surface area contributed by atoms with E-state index in [1.165, 1.54) is 12.1 Å². The molecule has 0 aliphatic rings. The second-order valence-electron chi connectivity index (χ2n) is 6.29. The summed E-state index contributed by atoms with van der Waals surface area (Å²) in [4.78, 5) is 4.13. The van der Waals surface area contributed by atoms with Gasteiger partial charge in [-0.15, -0.1) is 0 Å². The van der Waals surface area contributed by atoms with Crippen LogP contribution in [-0.2, 0) is 15.6 Å². The minimum atomic E-state index is -4.01. The zero-order valence-electron chi connectivity index (χ0n) is 14.8. The number of benzene rings is 3. The first kappa shape index (κ1) is 19.5. The molecule has 0 saturated heterocycles. The van der Waals surface area contributed by atoms with Crippen molar-refractivity contribution in [1.82, 2.24) is 4.98 Å². The van der Waals surface area contributed by atoms with E-state index in [0.717, 1.165) is 10.8 Å². The Morgan fingerprint density at radius 3 is 2.55 bits per heavy atom. The summed E-state index contributed by atoms with van der Waals surface area (Å²) in [5.41, 5.74) is 0.659. The topological polar surface area (TPSA) is 84.0 Å². The molecule has 29 heavy (non-hydrogen) atoms. The number of sulfone groups is 1. The summed E-state index contributed by atoms with van der Waals surface area (Å²) >= 11 is 12.0. The van der Waals surface area contributed by atoms with Crippen molar-refractivity contribution in [1.29, 1.82) is 5.26 Å². The molecule has 1 aromatic heterocycles. The molecule has 4 rings (SSSR count). The summed E-state index contributed by atoms with van der Waals surface area (Å²) < 4.78 is 31.5. The van der Waals surface area contributed by atoms with E-state index < -0.39 is 20.7 Å². The van der Waals surface area contributed by atoms with E-state index in [1.807, 2.05) is 42.5 Å². The number of hydrogen-bond donors (Lipinski definition) is 0. The van der Waals surface area contributed by atoms with Gasteiger partial charge in [-0.2, -0.15) is 10.2 Å². The number of fused-ring (bicyclic) bond motifs is 1. The Morgan fingerprint density at radius 2 is 1.79 bits per heavy atom. The lowest BCUT2D eigenvalue weighted by molar-refractivity contribution is 0.457. The van der Waals surface area contributed by atoms with Crippen molar-refractivity contribution in [2.45, 2.75) is 10.8 Å². The van der Waals surface area contributed by atoms with E-state index in [-0.39, 0.29) is 16.6 Å². The molecule has 0 fully saturated rings. The van der Waals surface area contributed by atoms with Crippen LogP contribution in [0.2, 0.25) is 10.0 Å². The molecule has 0 unspecified atom stereocenters. The molecule has 0 bridgehead atoms. The first-order chi connectivity index (χ1) is 13.9. The standard InChI is InChI=1S/C21H12Cl2N2O3S/c22-15-9-8-14(18(23)10-15)12-29(26,27)21-19(11-24)25-20(28-21)17-7-3-5-13-4-1-2-6-16(13)17/h1-10H,12H2. The Bertz CT molecular complexity index is 1380. The SMILES string of the molecule is N#Cc1nc(-c2cccc3ccccc23)oc1S(=O)(=O)Cc1ccc(Cl)cc1Cl. The van der Waals surface area contributed by atoms with Gasteiger partial charge in [0.15, 0.2) is 5.69 Å². The quantitative estimate of drug-likeness (QED) is 0.407. The molecule has 0 atom stereocenters. The average molecular weight is 443 g/mol. The Labute approximate surface area is 177 Å². The first-order valence-corrected chi connectivity index (χ1v) is 10.9. The predicted molar refractivity (Wildman–Crippen MR) is 112 cm³/mol. The third-order valence-corrected chi connectivity index (χ3v) is 6.48. The maximum Gasteiger partial charge on any atom is 0.257 e. The van der Waals surface area contributed by atoms with Crippen LogP contribution >= 0.6 is 23.2 Å². The van der Waals surface area contributed by atoms with Gasteiger partial charge in [-0.1, -0.05) is 65.7 Å². The molecule has 144 valence electrons. The molecule has 0 N–H and O–H groups in total. The molecule has 0 spiro atoms. The first-order valence-electron chi connectivity index (χ1n) is 8.45. The Balaban J connectivity index is 1.81. The molecule has 0 aliphatic carbocycles. The monoisotopic (exact) mass is 442 g/mol. The second kappa shape index (κ2) is 7.53. The molecular formula is C21H12Cl2N2O3S. The lowest BCUT2D eigenvalue weighted by Gasteiger charge is -2.05. The van der Waals surface area contributed by atoms with Crippen LogP contribution in [0.4, 0.5) is 0 Å². The van der Waals surface area contributed by atoms with Gasteiger partial charge in [0, 0.05) is 15.6 Å². The maximum atomic E-state index is 13.0. The van der Waals surface area contributed by atoms with Gasteiger partial charge in [-0.3, -0.25) is 0 Å². The van der Waals surface area contributed by atoms with Crippen molar-refractivity contribution >= 4 is 43.8 Å². The summed E-state index contributed by atoms with van der Waals surface area (Å²) in [5.74, 6) is -0.374. The Hall–Kier alpha value is -2.85. The van der Waals surface area contributed by atoms with E-state index in [1.54, 1.807) is 12.1 Å². The average Bonchev–Trinajstić information content (AvgIpc) is 3.15. The van der Waals surface area contributed by atoms with Crippen LogP contribution in [0.25, 0.3) is 22.2 Å². The lowest BCUT2D eigenvalue weighted by atomic mass is 10.0. The zero-order valence-corrected chi connectivity index (χ0v) is 17.1. The lowest BCUT2D eigenvalue weighted by Crippen LogP contribution is -2.06. The maximum absolute atomic E-state index is 13.0. The van der Waals surface area contributed by atoms with Crippen molar-refractivity contribution in [3.8, 4) is 17.5 Å². The van der Waals surface area contributed by atoms with Gasteiger partial charge in [0.1, 0.15) is 6.07 Å². The van der Waals surface area contributed by atoms with Crippen molar-refractivity contribution in [3.63, 3.8) is 0 Å². The van der Waals surface area contributed by atoms with Crippen molar-refractivity contribution in [3.05, 3.63) is 82.0 Å². The van der Waals surface area contributed by atoms with E-state index >= 15 is 0 Å². The van der Waals surface area contributed by atoms with Crippen LogP contribution in [-0.4, -0.2) is 13.4 Å². The van der Waals surface area contributed by atoms with Crippen molar-refractivity contribution in [2.24, 2.45) is 0 Å². The highest BCUT2D eigenvalue weighted by molar-refractivity contribution is 7.90. The molecule has 5 nitrogen and oxygen atoms in total. The van der Waals surface area contributed by atoms with E-state index in [9.17, 15) is 13.7 Å². The predicted octanol–water partition coefficient (Wildman–Crippen LogP) is 5.65. The number of aromatic nitrogens is 1. The molecule has 0 aliphatic heterocycles. The van der Waals surface area contributed by atoms with Gasteiger partial charge in [0.25, 0.3) is 5.09 Å². The summed E-state index contributed by atoms with van der Waals surface area (Å²) in [7, 11) is -4.01. The highest BCUT2D eigenvalue weighted by atomic mass is 35.5. The number of halogens is 2. The summed E-state index contributed by atoms with van der Waals surface area (Å²) in [6.45, 7) is 0. The third-order valence-electron chi connectivity index (χ3n) is 4.37. The van der Waals surface area contributed by atoms with Crippen LogP contribution in [0, 0.1) is 11.3 Å². The Kier molecular flexibility index (Phi) is 5.05. The van der Waals surface area contributed by atoms with E-state index in [2.05, 4.69) is 4.98 Å². The van der Waals surface area contributed by atoms with Crippen molar-refractivity contribution in [2.75, 3.05) is 0 Å². The minimum absolute atomic E-state index is 0.0686. The number of rotatable bonds is 4. The molecule has 3 aromatic carbocycles. The normalized spacial score (nSPS) is 11.5.